The van der Waals surface area contributed by atoms with Gasteiger partial charge in [0.1, 0.15) is 4.83 Å². The fourth-order valence-corrected chi connectivity index (χ4v) is 3.98. The zero-order valence-corrected chi connectivity index (χ0v) is 13.6. The predicted molar refractivity (Wildman–Crippen MR) is 90.3 cm³/mol. The Morgan fingerprint density at radius 1 is 1.32 bits per heavy atom. The maximum Gasteiger partial charge on any atom is 0.267 e. The Bertz CT molecular complexity index is 929. The van der Waals surface area contributed by atoms with Crippen LogP contribution in [-0.4, -0.2) is 21.7 Å². The molecule has 0 aliphatic rings. The van der Waals surface area contributed by atoms with Crippen LogP contribution in [0.15, 0.2) is 40.3 Å². The van der Waals surface area contributed by atoms with E-state index in [-0.39, 0.29) is 5.56 Å². The van der Waals surface area contributed by atoms with Gasteiger partial charge in [-0.2, -0.15) is 0 Å². The van der Waals surface area contributed by atoms with Gasteiger partial charge in [0, 0.05) is 0 Å². The van der Waals surface area contributed by atoms with Crippen LogP contribution in [0.1, 0.15) is 15.2 Å². The quantitative estimate of drug-likeness (QED) is 0.591. The number of carbonyl (C=O) groups excluding carboxylic acids is 1. The number of aromatic nitrogens is 2. The molecule has 0 spiro atoms. The van der Waals surface area contributed by atoms with E-state index in [1.165, 1.54) is 23.1 Å². The monoisotopic (exact) mass is 331 g/mol. The Morgan fingerprint density at radius 3 is 2.59 bits per heavy atom. The van der Waals surface area contributed by atoms with E-state index in [4.69, 9.17) is 5.73 Å². The fourth-order valence-electron chi connectivity index (χ4n) is 2.34. The molecule has 0 fully saturated rings. The minimum Gasteiger partial charge on any atom is -0.365 e. The highest BCUT2D eigenvalue weighted by Gasteiger charge is 2.20. The Balaban J connectivity index is 2.43. The number of primary amides is 1. The van der Waals surface area contributed by atoms with Crippen molar-refractivity contribution >= 4 is 39.2 Å². The summed E-state index contributed by atoms with van der Waals surface area (Å²) in [5.41, 5.74) is 6.55. The van der Waals surface area contributed by atoms with Gasteiger partial charge in [0.15, 0.2) is 5.16 Å². The van der Waals surface area contributed by atoms with Gasteiger partial charge in [-0.3, -0.25) is 14.2 Å². The Labute approximate surface area is 134 Å². The smallest absolute Gasteiger partial charge is 0.267 e. The first kappa shape index (κ1) is 14.8. The molecule has 0 aliphatic heterocycles. The third kappa shape index (κ3) is 2.22. The van der Waals surface area contributed by atoms with Crippen LogP contribution < -0.4 is 11.3 Å². The van der Waals surface area contributed by atoms with Gasteiger partial charge in [0.2, 0.25) is 0 Å². The van der Waals surface area contributed by atoms with Crippen molar-refractivity contribution < 1.29 is 4.79 Å². The molecule has 0 bridgehead atoms. The Hall–Kier alpha value is -2.12. The Kier molecular flexibility index (Phi) is 3.76. The van der Waals surface area contributed by atoms with Gasteiger partial charge in [-0.15, -0.1) is 11.3 Å². The summed E-state index contributed by atoms with van der Waals surface area (Å²) in [6, 6.07) is 9.33. The summed E-state index contributed by atoms with van der Waals surface area (Å²) in [5.74, 6) is -0.531. The maximum atomic E-state index is 12.9. The van der Waals surface area contributed by atoms with Gasteiger partial charge in [-0.25, -0.2) is 4.98 Å². The summed E-state index contributed by atoms with van der Waals surface area (Å²) >= 11 is 2.55. The van der Waals surface area contributed by atoms with E-state index in [1.807, 2.05) is 36.6 Å². The Morgan fingerprint density at radius 2 is 2.00 bits per heavy atom. The highest BCUT2D eigenvalue weighted by atomic mass is 32.2. The van der Waals surface area contributed by atoms with Crippen molar-refractivity contribution in [2.24, 2.45) is 5.73 Å². The van der Waals surface area contributed by atoms with Crippen molar-refractivity contribution in [1.82, 2.24) is 9.55 Å². The van der Waals surface area contributed by atoms with Crippen LogP contribution in [-0.2, 0) is 0 Å². The maximum absolute atomic E-state index is 12.9. The lowest BCUT2D eigenvalue weighted by Crippen LogP contribution is -2.21. The fraction of sp³-hybridized carbons (Fsp3) is 0.133. The number of benzene rings is 1. The molecule has 2 heterocycles. The zero-order chi connectivity index (χ0) is 15.9. The van der Waals surface area contributed by atoms with Crippen molar-refractivity contribution in [3.8, 4) is 5.69 Å². The van der Waals surface area contributed by atoms with Crippen molar-refractivity contribution in [3.63, 3.8) is 0 Å². The van der Waals surface area contributed by atoms with E-state index in [0.29, 0.717) is 25.8 Å². The third-order valence-electron chi connectivity index (χ3n) is 3.35. The van der Waals surface area contributed by atoms with Crippen LogP contribution in [0.5, 0.6) is 0 Å². The van der Waals surface area contributed by atoms with Crippen LogP contribution in [0, 0.1) is 6.92 Å². The molecule has 3 aromatic rings. The number of thiophene rings is 1. The predicted octanol–water partition coefficient (Wildman–Crippen LogP) is 2.58. The molecule has 2 N–H and O–H groups in total. The molecule has 3 rings (SSSR count). The molecular weight excluding hydrogens is 318 g/mol. The topological polar surface area (TPSA) is 78.0 Å². The highest BCUT2D eigenvalue weighted by Crippen LogP contribution is 2.29. The lowest BCUT2D eigenvalue weighted by atomic mass is 10.2. The van der Waals surface area contributed by atoms with E-state index < -0.39 is 5.91 Å². The summed E-state index contributed by atoms with van der Waals surface area (Å²) in [5, 5.41) is 1.04. The van der Waals surface area contributed by atoms with Gasteiger partial charge < -0.3 is 5.73 Å². The number of para-hydroxylation sites is 1. The number of hydrogen-bond acceptors (Lipinski definition) is 5. The van der Waals surface area contributed by atoms with Gasteiger partial charge in [-0.05, 0) is 30.9 Å². The van der Waals surface area contributed by atoms with E-state index >= 15 is 0 Å². The number of fused-ring (bicyclic) bond motifs is 1. The lowest BCUT2D eigenvalue weighted by Gasteiger charge is -2.10. The first-order valence-corrected chi connectivity index (χ1v) is 8.54. The van der Waals surface area contributed by atoms with Gasteiger partial charge in [0.05, 0.1) is 16.0 Å². The lowest BCUT2D eigenvalue weighted by molar-refractivity contribution is 0.100. The molecule has 0 saturated heterocycles. The van der Waals surface area contributed by atoms with E-state index in [0.717, 1.165) is 5.69 Å². The summed E-state index contributed by atoms with van der Waals surface area (Å²) in [6.45, 7) is 1.73. The minimum atomic E-state index is -0.531. The summed E-state index contributed by atoms with van der Waals surface area (Å²) in [6.07, 6.45) is 1.86. The molecule has 0 radical (unpaired) electrons. The first-order chi connectivity index (χ1) is 10.5. The SMILES string of the molecule is CSc1nc2sc(C(N)=O)c(C)c2c(=O)n1-c1ccccc1. The van der Waals surface area contributed by atoms with Crippen LogP contribution in [0.2, 0.25) is 0 Å². The second-order valence-electron chi connectivity index (χ2n) is 4.68. The van der Waals surface area contributed by atoms with E-state index in [1.54, 1.807) is 11.5 Å². The van der Waals surface area contributed by atoms with Crippen molar-refractivity contribution in [1.29, 1.82) is 0 Å². The summed E-state index contributed by atoms with van der Waals surface area (Å²) in [4.78, 5) is 29.9. The van der Waals surface area contributed by atoms with Crippen molar-refractivity contribution in [2.45, 2.75) is 12.1 Å². The molecular formula is C15H13N3O2S2. The highest BCUT2D eigenvalue weighted by molar-refractivity contribution is 7.98. The number of rotatable bonds is 3. The van der Waals surface area contributed by atoms with Crippen LogP contribution >= 0.6 is 23.1 Å². The van der Waals surface area contributed by atoms with E-state index in [2.05, 4.69) is 4.98 Å². The number of nitrogens with zero attached hydrogens (tertiary/aromatic N) is 2. The van der Waals surface area contributed by atoms with Crippen molar-refractivity contribution in [3.05, 3.63) is 51.1 Å². The average molecular weight is 331 g/mol. The average Bonchev–Trinajstić information content (AvgIpc) is 2.85. The number of thioether (sulfide) groups is 1. The van der Waals surface area contributed by atoms with Crippen LogP contribution in [0.25, 0.3) is 15.9 Å². The molecule has 22 heavy (non-hydrogen) atoms. The number of carbonyl (C=O) groups is 1. The summed E-state index contributed by atoms with van der Waals surface area (Å²) in [7, 11) is 0. The second kappa shape index (κ2) is 5.58. The minimum absolute atomic E-state index is 0.179. The van der Waals surface area contributed by atoms with Gasteiger partial charge in [0.25, 0.3) is 11.5 Å². The largest absolute Gasteiger partial charge is 0.365 e. The molecule has 112 valence electrons. The van der Waals surface area contributed by atoms with Gasteiger partial charge >= 0.3 is 0 Å². The molecule has 0 aliphatic carbocycles. The molecule has 1 aromatic carbocycles. The molecule has 5 nitrogen and oxygen atoms in total. The molecule has 0 atom stereocenters. The number of nitrogens with two attached hydrogens (primary N) is 1. The molecule has 0 saturated carbocycles. The molecule has 7 heteroatoms. The second-order valence-corrected chi connectivity index (χ2v) is 6.45. The molecule has 1 amide bonds. The van der Waals surface area contributed by atoms with Crippen molar-refractivity contribution in [2.75, 3.05) is 6.26 Å². The van der Waals surface area contributed by atoms with Crippen LogP contribution in [0.4, 0.5) is 0 Å². The zero-order valence-electron chi connectivity index (χ0n) is 12.0. The number of amides is 1. The standard InChI is InChI=1S/C15H13N3O2S2/c1-8-10-13(22-11(8)12(16)19)17-15(21-2)18(14(10)20)9-6-4-3-5-7-9/h3-7H,1-2H3,(H2,16,19). The molecule has 2 aromatic heterocycles. The van der Waals surface area contributed by atoms with E-state index in [9.17, 15) is 9.59 Å². The van der Waals surface area contributed by atoms with Crippen LogP contribution in [0.3, 0.4) is 0 Å². The third-order valence-corrected chi connectivity index (χ3v) is 5.19. The first-order valence-electron chi connectivity index (χ1n) is 6.50. The summed E-state index contributed by atoms with van der Waals surface area (Å²) < 4.78 is 1.57. The number of hydrogen-bond donors (Lipinski definition) is 1. The number of aryl methyl sites for hydroxylation is 1. The van der Waals surface area contributed by atoms with Gasteiger partial charge in [-0.1, -0.05) is 30.0 Å². The molecule has 0 unspecified atom stereocenters. The normalized spacial score (nSPS) is 11.0.